The van der Waals surface area contributed by atoms with Crippen LogP contribution in [0.5, 0.6) is 0 Å². The first-order chi connectivity index (χ1) is 4.43. The van der Waals surface area contributed by atoms with Gasteiger partial charge in [-0.05, 0) is 24.1 Å². The van der Waals surface area contributed by atoms with Crippen molar-refractivity contribution in [1.29, 1.82) is 0 Å². The molecular formula is C8H12IN. The van der Waals surface area contributed by atoms with Crippen LogP contribution in [0.25, 0.3) is 0 Å². The van der Waals surface area contributed by atoms with Gasteiger partial charge in [0.1, 0.15) is 0 Å². The SMILES string of the molecule is CCCc1ccncc1.I. The molecule has 0 N–H and O–H groups in total. The normalized spacial score (nSPS) is 8.50. The summed E-state index contributed by atoms with van der Waals surface area (Å²) >= 11 is 0. The molecule has 0 bridgehead atoms. The van der Waals surface area contributed by atoms with Crippen molar-refractivity contribution in [2.45, 2.75) is 19.8 Å². The van der Waals surface area contributed by atoms with Crippen molar-refractivity contribution in [1.82, 2.24) is 4.98 Å². The lowest BCUT2D eigenvalue weighted by molar-refractivity contribution is 0.918. The summed E-state index contributed by atoms with van der Waals surface area (Å²) in [6.07, 6.45) is 6.06. The van der Waals surface area contributed by atoms with E-state index in [0.29, 0.717) is 0 Å². The second-order valence-corrected chi connectivity index (χ2v) is 2.11. The lowest BCUT2D eigenvalue weighted by atomic mass is 10.2. The highest BCUT2D eigenvalue weighted by molar-refractivity contribution is 14.0. The Morgan fingerprint density at radius 1 is 1.30 bits per heavy atom. The second kappa shape index (κ2) is 5.65. The first kappa shape index (κ1) is 9.88. The van der Waals surface area contributed by atoms with Crippen molar-refractivity contribution in [3.05, 3.63) is 30.1 Å². The van der Waals surface area contributed by atoms with Gasteiger partial charge in [0.15, 0.2) is 0 Å². The minimum atomic E-state index is 0. The van der Waals surface area contributed by atoms with Crippen LogP contribution in [0, 0.1) is 0 Å². The third-order valence-corrected chi connectivity index (χ3v) is 1.29. The summed E-state index contributed by atoms with van der Waals surface area (Å²) in [6.45, 7) is 2.18. The minimum absolute atomic E-state index is 0. The zero-order valence-corrected chi connectivity index (χ0v) is 8.41. The van der Waals surface area contributed by atoms with Gasteiger partial charge in [0, 0.05) is 12.4 Å². The van der Waals surface area contributed by atoms with Crippen molar-refractivity contribution in [2.24, 2.45) is 0 Å². The Morgan fingerprint density at radius 3 is 2.40 bits per heavy atom. The van der Waals surface area contributed by atoms with E-state index in [2.05, 4.69) is 24.0 Å². The van der Waals surface area contributed by atoms with Gasteiger partial charge in [0.25, 0.3) is 0 Å². The molecule has 56 valence electrons. The van der Waals surface area contributed by atoms with Crippen molar-refractivity contribution in [3.8, 4) is 0 Å². The third kappa shape index (κ3) is 3.15. The van der Waals surface area contributed by atoms with Gasteiger partial charge < -0.3 is 0 Å². The number of aryl methyl sites for hydroxylation is 1. The zero-order valence-electron chi connectivity index (χ0n) is 6.08. The number of halogens is 1. The molecule has 1 rings (SSSR count). The molecule has 1 nitrogen and oxygen atoms in total. The van der Waals surface area contributed by atoms with Crippen molar-refractivity contribution < 1.29 is 0 Å². The molecule has 0 spiro atoms. The molecular weight excluding hydrogens is 237 g/mol. The fourth-order valence-electron chi connectivity index (χ4n) is 0.838. The van der Waals surface area contributed by atoms with E-state index in [9.17, 15) is 0 Å². The molecule has 0 aromatic carbocycles. The molecule has 2 heteroatoms. The van der Waals surface area contributed by atoms with Crippen LogP contribution in [0.4, 0.5) is 0 Å². The van der Waals surface area contributed by atoms with E-state index in [1.807, 2.05) is 12.4 Å². The largest absolute Gasteiger partial charge is 0.265 e. The van der Waals surface area contributed by atoms with Gasteiger partial charge in [-0.15, -0.1) is 24.0 Å². The van der Waals surface area contributed by atoms with Crippen LogP contribution in [0.1, 0.15) is 18.9 Å². The number of hydrogen-bond acceptors (Lipinski definition) is 1. The van der Waals surface area contributed by atoms with Crippen LogP contribution in [0.2, 0.25) is 0 Å². The Hall–Kier alpha value is -0.120. The molecule has 0 unspecified atom stereocenters. The topological polar surface area (TPSA) is 12.9 Å². The second-order valence-electron chi connectivity index (χ2n) is 2.11. The monoisotopic (exact) mass is 249 g/mol. The van der Waals surface area contributed by atoms with E-state index in [1.165, 1.54) is 18.4 Å². The Morgan fingerprint density at radius 2 is 1.90 bits per heavy atom. The third-order valence-electron chi connectivity index (χ3n) is 1.29. The first-order valence-corrected chi connectivity index (χ1v) is 3.32. The van der Waals surface area contributed by atoms with Crippen molar-refractivity contribution >= 4 is 24.0 Å². The summed E-state index contributed by atoms with van der Waals surface area (Å²) in [7, 11) is 0. The number of hydrogen-bond donors (Lipinski definition) is 0. The molecule has 0 saturated carbocycles. The Bertz CT molecular complexity index is 162. The maximum atomic E-state index is 3.93. The summed E-state index contributed by atoms with van der Waals surface area (Å²) < 4.78 is 0. The fraction of sp³-hybridized carbons (Fsp3) is 0.375. The molecule has 1 heterocycles. The minimum Gasteiger partial charge on any atom is -0.265 e. The van der Waals surface area contributed by atoms with E-state index in [-0.39, 0.29) is 24.0 Å². The molecule has 1 aromatic heterocycles. The first-order valence-electron chi connectivity index (χ1n) is 3.32. The highest BCUT2D eigenvalue weighted by Gasteiger charge is 1.85. The van der Waals surface area contributed by atoms with Crippen molar-refractivity contribution in [2.75, 3.05) is 0 Å². The Kier molecular flexibility index (Phi) is 5.58. The summed E-state index contributed by atoms with van der Waals surface area (Å²) in [5.74, 6) is 0. The van der Waals surface area contributed by atoms with Gasteiger partial charge in [-0.2, -0.15) is 0 Å². The average Bonchev–Trinajstić information content (AvgIpc) is 1.91. The molecule has 0 saturated heterocycles. The lowest BCUT2D eigenvalue weighted by Crippen LogP contribution is -1.80. The van der Waals surface area contributed by atoms with Crippen molar-refractivity contribution in [3.63, 3.8) is 0 Å². The van der Waals surface area contributed by atoms with Gasteiger partial charge in [-0.1, -0.05) is 13.3 Å². The van der Waals surface area contributed by atoms with E-state index >= 15 is 0 Å². The van der Waals surface area contributed by atoms with Crippen LogP contribution in [-0.4, -0.2) is 4.98 Å². The highest BCUT2D eigenvalue weighted by Crippen LogP contribution is 1.98. The van der Waals surface area contributed by atoms with Crippen LogP contribution < -0.4 is 0 Å². The Balaban J connectivity index is 0.000000810. The molecule has 1 aromatic rings. The van der Waals surface area contributed by atoms with E-state index in [1.54, 1.807) is 0 Å². The smallest absolute Gasteiger partial charge is 0.0270 e. The number of aromatic nitrogens is 1. The molecule has 0 atom stereocenters. The number of nitrogens with zero attached hydrogens (tertiary/aromatic N) is 1. The maximum Gasteiger partial charge on any atom is 0.0270 e. The van der Waals surface area contributed by atoms with Crippen LogP contribution in [0.3, 0.4) is 0 Å². The van der Waals surface area contributed by atoms with Gasteiger partial charge >= 0.3 is 0 Å². The van der Waals surface area contributed by atoms with Gasteiger partial charge in [-0.25, -0.2) is 0 Å². The summed E-state index contributed by atoms with van der Waals surface area (Å²) in [5.41, 5.74) is 1.38. The van der Waals surface area contributed by atoms with Crippen LogP contribution in [0.15, 0.2) is 24.5 Å². The molecule has 10 heavy (non-hydrogen) atoms. The molecule has 0 fully saturated rings. The molecule has 0 radical (unpaired) electrons. The summed E-state index contributed by atoms with van der Waals surface area (Å²) in [5, 5.41) is 0. The zero-order chi connectivity index (χ0) is 6.53. The van der Waals surface area contributed by atoms with Crippen LogP contribution >= 0.6 is 24.0 Å². The fourth-order valence-corrected chi connectivity index (χ4v) is 0.838. The predicted molar refractivity (Wildman–Crippen MR) is 53.6 cm³/mol. The van der Waals surface area contributed by atoms with Crippen LogP contribution in [-0.2, 0) is 6.42 Å². The predicted octanol–water partition coefficient (Wildman–Crippen LogP) is 2.65. The lowest BCUT2D eigenvalue weighted by Gasteiger charge is -1.93. The summed E-state index contributed by atoms with van der Waals surface area (Å²) in [6, 6.07) is 4.12. The van der Waals surface area contributed by atoms with E-state index in [4.69, 9.17) is 0 Å². The standard InChI is InChI=1S/C8H11N.HI/c1-2-3-8-4-6-9-7-5-8;/h4-7H,2-3H2,1H3;1H. The average molecular weight is 249 g/mol. The number of rotatable bonds is 2. The quantitative estimate of drug-likeness (QED) is 0.734. The van der Waals surface area contributed by atoms with E-state index in [0.717, 1.165) is 0 Å². The maximum absolute atomic E-state index is 3.93. The van der Waals surface area contributed by atoms with Gasteiger partial charge in [0.05, 0.1) is 0 Å². The highest BCUT2D eigenvalue weighted by atomic mass is 127. The van der Waals surface area contributed by atoms with E-state index < -0.39 is 0 Å². The Labute approximate surface area is 78.9 Å². The molecule has 0 aliphatic carbocycles. The molecule has 0 amide bonds. The molecule has 0 aliphatic rings. The van der Waals surface area contributed by atoms with Gasteiger partial charge in [0.2, 0.25) is 0 Å². The number of pyridine rings is 1. The van der Waals surface area contributed by atoms with Gasteiger partial charge in [-0.3, -0.25) is 4.98 Å². The summed E-state index contributed by atoms with van der Waals surface area (Å²) in [4.78, 5) is 3.93. The molecule has 0 aliphatic heterocycles.